The van der Waals surface area contributed by atoms with Crippen LogP contribution in [0.25, 0.3) is 11.1 Å². The molecule has 0 radical (unpaired) electrons. The lowest BCUT2D eigenvalue weighted by Gasteiger charge is -2.28. The van der Waals surface area contributed by atoms with E-state index in [1.807, 2.05) is 18.2 Å². The van der Waals surface area contributed by atoms with Gasteiger partial charge in [0.15, 0.2) is 0 Å². The summed E-state index contributed by atoms with van der Waals surface area (Å²) < 4.78 is 6.25. The van der Waals surface area contributed by atoms with E-state index in [4.69, 9.17) is 4.74 Å². The van der Waals surface area contributed by atoms with Crippen molar-refractivity contribution in [2.24, 2.45) is 5.92 Å². The minimum absolute atomic E-state index is 0.171. The van der Waals surface area contributed by atoms with Gasteiger partial charge in [-0.25, -0.2) is 9.78 Å². The Hall–Kier alpha value is -3.34. The van der Waals surface area contributed by atoms with E-state index in [-0.39, 0.29) is 5.56 Å². The molecular formula is C27H32N2O3. The van der Waals surface area contributed by atoms with Crippen LogP contribution in [0.4, 0.5) is 11.5 Å². The molecule has 1 heterocycles. The van der Waals surface area contributed by atoms with Crippen molar-refractivity contribution in [1.82, 2.24) is 4.98 Å². The number of hydrogen-bond donors (Lipinski definition) is 1. The zero-order valence-corrected chi connectivity index (χ0v) is 19.5. The van der Waals surface area contributed by atoms with Crippen molar-refractivity contribution in [3.05, 3.63) is 71.9 Å². The number of carboxylic acid groups (broad SMARTS) is 1. The molecule has 168 valence electrons. The number of nitrogens with zero attached hydrogens (tertiary/aromatic N) is 2. The third-order valence-corrected chi connectivity index (χ3v) is 5.29. The van der Waals surface area contributed by atoms with E-state index in [0.29, 0.717) is 30.8 Å². The van der Waals surface area contributed by atoms with Crippen molar-refractivity contribution in [3.63, 3.8) is 0 Å². The fraction of sp³-hybridized carbons (Fsp3) is 0.333. The van der Waals surface area contributed by atoms with Gasteiger partial charge in [-0.05, 0) is 48.1 Å². The molecule has 5 heteroatoms. The molecule has 0 fully saturated rings. The van der Waals surface area contributed by atoms with Crippen LogP contribution in [-0.2, 0) is 0 Å². The predicted molar refractivity (Wildman–Crippen MR) is 130 cm³/mol. The standard InChI is InChI=1S/C27H32N2O3/c1-6-29(26-13-12-21(16-28-26)27(30)31)24-15-25(32-17-18(2)3)22(19(4)5)14-23(24)20-10-8-7-9-11-20/h7-16,18-19H,6,17H2,1-5H3,(H,30,31). The minimum atomic E-state index is -0.984. The number of aromatic nitrogens is 1. The third-order valence-electron chi connectivity index (χ3n) is 5.29. The zero-order valence-electron chi connectivity index (χ0n) is 19.5. The minimum Gasteiger partial charge on any atom is -0.493 e. The molecular weight excluding hydrogens is 400 g/mol. The summed E-state index contributed by atoms with van der Waals surface area (Å²) in [5.41, 5.74) is 4.53. The molecule has 0 amide bonds. The number of pyridine rings is 1. The highest BCUT2D eigenvalue weighted by atomic mass is 16.5. The molecule has 0 aliphatic rings. The molecule has 0 atom stereocenters. The van der Waals surface area contributed by atoms with Gasteiger partial charge in [0.2, 0.25) is 0 Å². The van der Waals surface area contributed by atoms with Gasteiger partial charge in [-0.15, -0.1) is 0 Å². The van der Waals surface area contributed by atoms with Crippen LogP contribution >= 0.6 is 0 Å². The van der Waals surface area contributed by atoms with Crippen molar-refractivity contribution in [2.45, 2.75) is 40.5 Å². The summed E-state index contributed by atoms with van der Waals surface area (Å²) in [5, 5.41) is 9.23. The van der Waals surface area contributed by atoms with E-state index in [9.17, 15) is 9.90 Å². The van der Waals surface area contributed by atoms with Crippen LogP contribution < -0.4 is 9.64 Å². The molecule has 0 bridgehead atoms. The van der Waals surface area contributed by atoms with Gasteiger partial charge in [0.25, 0.3) is 0 Å². The van der Waals surface area contributed by atoms with E-state index in [0.717, 1.165) is 22.6 Å². The second-order valence-electron chi connectivity index (χ2n) is 8.59. The maximum Gasteiger partial charge on any atom is 0.337 e. The lowest BCUT2D eigenvalue weighted by Crippen LogP contribution is -2.19. The lowest BCUT2D eigenvalue weighted by atomic mass is 9.94. The van der Waals surface area contributed by atoms with E-state index < -0.39 is 5.97 Å². The summed E-state index contributed by atoms with van der Waals surface area (Å²) in [6, 6.07) is 18.0. The quantitative estimate of drug-likeness (QED) is 0.404. The van der Waals surface area contributed by atoms with Crippen molar-refractivity contribution < 1.29 is 14.6 Å². The number of aromatic carboxylic acids is 1. The highest BCUT2D eigenvalue weighted by Gasteiger charge is 2.20. The molecule has 5 nitrogen and oxygen atoms in total. The number of carbonyl (C=O) groups is 1. The second kappa shape index (κ2) is 10.3. The Balaban J connectivity index is 2.19. The Kier molecular flexibility index (Phi) is 7.52. The first-order valence-corrected chi connectivity index (χ1v) is 11.1. The molecule has 0 aliphatic carbocycles. The average Bonchev–Trinajstić information content (AvgIpc) is 2.78. The van der Waals surface area contributed by atoms with Crippen LogP contribution in [0.15, 0.2) is 60.8 Å². The summed E-state index contributed by atoms with van der Waals surface area (Å²) in [6.45, 7) is 12.0. The predicted octanol–water partition coefficient (Wildman–Crippen LogP) is 6.76. The molecule has 2 aromatic carbocycles. The summed E-state index contributed by atoms with van der Waals surface area (Å²) in [5.74, 6) is 1.31. The molecule has 1 N–H and O–H groups in total. The van der Waals surface area contributed by atoms with Gasteiger partial charge in [-0.3, -0.25) is 0 Å². The maximum atomic E-state index is 11.3. The smallest absolute Gasteiger partial charge is 0.337 e. The summed E-state index contributed by atoms with van der Waals surface area (Å²) in [6.07, 6.45) is 1.40. The first-order valence-electron chi connectivity index (χ1n) is 11.1. The van der Waals surface area contributed by atoms with Crippen LogP contribution in [0.5, 0.6) is 5.75 Å². The van der Waals surface area contributed by atoms with Crippen LogP contribution in [0.2, 0.25) is 0 Å². The van der Waals surface area contributed by atoms with Gasteiger partial charge >= 0.3 is 5.97 Å². The van der Waals surface area contributed by atoms with Gasteiger partial charge in [0, 0.05) is 24.4 Å². The van der Waals surface area contributed by atoms with Crippen molar-refractivity contribution >= 4 is 17.5 Å². The molecule has 0 saturated carbocycles. The SMILES string of the molecule is CCN(c1ccc(C(=O)O)cn1)c1cc(OCC(C)C)c(C(C)C)cc1-c1ccccc1. The number of carboxylic acids is 1. The number of anilines is 2. The summed E-state index contributed by atoms with van der Waals surface area (Å²) in [4.78, 5) is 17.8. The van der Waals surface area contributed by atoms with Gasteiger partial charge < -0.3 is 14.7 Å². The highest BCUT2D eigenvalue weighted by molar-refractivity contribution is 5.88. The van der Waals surface area contributed by atoms with E-state index >= 15 is 0 Å². The molecule has 0 saturated heterocycles. The van der Waals surface area contributed by atoms with Gasteiger partial charge in [-0.1, -0.05) is 58.0 Å². The Morgan fingerprint density at radius 3 is 2.31 bits per heavy atom. The van der Waals surface area contributed by atoms with Crippen molar-refractivity contribution in [2.75, 3.05) is 18.1 Å². The van der Waals surface area contributed by atoms with Crippen LogP contribution in [-0.4, -0.2) is 29.2 Å². The first-order chi connectivity index (χ1) is 15.3. The molecule has 0 unspecified atom stereocenters. The van der Waals surface area contributed by atoms with Gasteiger partial charge in [-0.2, -0.15) is 0 Å². The largest absolute Gasteiger partial charge is 0.493 e. The monoisotopic (exact) mass is 432 g/mol. The summed E-state index contributed by atoms with van der Waals surface area (Å²) >= 11 is 0. The molecule has 3 aromatic rings. The third kappa shape index (κ3) is 5.28. The second-order valence-corrected chi connectivity index (χ2v) is 8.59. The molecule has 1 aromatic heterocycles. The number of hydrogen-bond acceptors (Lipinski definition) is 4. The Morgan fingerprint density at radius 1 is 1.06 bits per heavy atom. The Bertz CT molecular complexity index is 1040. The Labute approximate surface area is 190 Å². The van der Waals surface area contributed by atoms with E-state index in [2.05, 4.69) is 68.8 Å². The molecule has 0 spiro atoms. The van der Waals surface area contributed by atoms with Gasteiger partial charge in [0.05, 0.1) is 17.9 Å². The molecule has 32 heavy (non-hydrogen) atoms. The molecule has 3 rings (SSSR count). The van der Waals surface area contributed by atoms with Crippen LogP contribution in [0.3, 0.4) is 0 Å². The van der Waals surface area contributed by atoms with Crippen molar-refractivity contribution in [3.8, 4) is 16.9 Å². The maximum absolute atomic E-state index is 11.3. The lowest BCUT2D eigenvalue weighted by molar-refractivity contribution is 0.0696. The van der Waals surface area contributed by atoms with E-state index in [1.165, 1.54) is 11.8 Å². The Morgan fingerprint density at radius 2 is 1.78 bits per heavy atom. The highest BCUT2D eigenvalue weighted by Crippen LogP contribution is 2.41. The van der Waals surface area contributed by atoms with Crippen molar-refractivity contribution in [1.29, 1.82) is 0 Å². The topological polar surface area (TPSA) is 62.7 Å². The zero-order chi connectivity index (χ0) is 23.3. The summed E-state index contributed by atoms with van der Waals surface area (Å²) in [7, 11) is 0. The first kappa shape index (κ1) is 23.3. The van der Waals surface area contributed by atoms with Crippen LogP contribution in [0, 0.1) is 5.92 Å². The molecule has 0 aliphatic heterocycles. The number of rotatable bonds is 9. The van der Waals surface area contributed by atoms with Crippen LogP contribution in [0.1, 0.15) is 56.5 Å². The average molecular weight is 433 g/mol. The number of benzene rings is 2. The van der Waals surface area contributed by atoms with Gasteiger partial charge in [0.1, 0.15) is 11.6 Å². The normalized spacial score (nSPS) is 11.1. The fourth-order valence-electron chi connectivity index (χ4n) is 3.62. The fourth-order valence-corrected chi connectivity index (χ4v) is 3.62. The number of ether oxygens (including phenoxy) is 1. The van der Waals surface area contributed by atoms with E-state index in [1.54, 1.807) is 12.1 Å².